The minimum absolute atomic E-state index is 0.0117. The molecule has 0 saturated heterocycles. The highest BCUT2D eigenvalue weighted by molar-refractivity contribution is 6.31. The number of halogens is 3. The Kier molecular flexibility index (Phi) is 3.67. The van der Waals surface area contributed by atoms with Crippen LogP contribution < -0.4 is 0 Å². The first kappa shape index (κ1) is 13.7. The number of benzene rings is 2. The van der Waals surface area contributed by atoms with Gasteiger partial charge in [0.2, 0.25) is 0 Å². The fourth-order valence-corrected chi connectivity index (χ4v) is 2.08. The molecule has 0 N–H and O–H groups in total. The minimum atomic E-state index is -0.772. The summed E-state index contributed by atoms with van der Waals surface area (Å²) in [6.45, 7) is 3.50. The van der Waals surface area contributed by atoms with Gasteiger partial charge in [0.1, 0.15) is 11.6 Å². The molecule has 0 amide bonds. The van der Waals surface area contributed by atoms with Crippen LogP contribution in [0, 0.1) is 25.5 Å². The Morgan fingerprint density at radius 3 is 2.11 bits per heavy atom. The van der Waals surface area contributed by atoms with E-state index in [9.17, 15) is 13.6 Å². The van der Waals surface area contributed by atoms with Crippen LogP contribution in [-0.4, -0.2) is 5.78 Å². The summed E-state index contributed by atoms with van der Waals surface area (Å²) in [6.07, 6.45) is 0. The van der Waals surface area contributed by atoms with Gasteiger partial charge in [0.05, 0.1) is 0 Å². The maximum atomic E-state index is 13.1. The van der Waals surface area contributed by atoms with Crippen LogP contribution in [0.1, 0.15) is 27.0 Å². The number of aryl methyl sites for hydroxylation is 2. The van der Waals surface area contributed by atoms with Crippen molar-refractivity contribution in [3.63, 3.8) is 0 Å². The average Bonchev–Trinajstić information content (AvgIpc) is 2.31. The van der Waals surface area contributed by atoms with Crippen molar-refractivity contribution in [2.45, 2.75) is 13.8 Å². The lowest BCUT2D eigenvalue weighted by molar-refractivity contribution is 0.103. The number of hydrogen-bond acceptors (Lipinski definition) is 1. The molecule has 0 atom stereocenters. The van der Waals surface area contributed by atoms with Crippen LogP contribution >= 0.6 is 11.6 Å². The molecule has 0 unspecified atom stereocenters. The van der Waals surface area contributed by atoms with Crippen molar-refractivity contribution in [1.82, 2.24) is 0 Å². The molecule has 0 aliphatic rings. The second kappa shape index (κ2) is 5.10. The molecule has 2 aromatic rings. The Morgan fingerprint density at radius 1 is 0.947 bits per heavy atom. The van der Waals surface area contributed by atoms with Crippen molar-refractivity contribution in [2.24, 2.45) is 0 Å². The molecule has 0 heterocycles. The molecule has 1 nitrogen and oxygen atoms in total. The minimum Gasteiger partial charge on any atom is -0.289 e. The molecule has 0 saturated carbocycles. The van der Waals surface area contributed by atoms with Gasteiger partial charge in [-0.1, -0.05) is 11.6 Å². The molecule has 0 bridgehead atoms. The molecule has 2 rings (SSSR count). The molecule has 0 aliphatic heterocycles. The first-order valence-electron chi connectivity index (χ1n) is 5.66. The third-order valence-corrected chi connectivity index (χ3v) is 3.28. The molecular formula is C15H11ClF2O. The van der Waals surface area contributed by atoms with E-state index in [4.69, 9.17) is 11.6 Å². The van der Waals surface area contributed by atoms with Crippen molar-refractivity contribution in [3.8, 4) is 0 Å². The monoisotopic (exact) mass is 280 g/mol. The second-order valence-corrected chi connectivity index (χ2v) is 4.81. The molecule has 2 aromatic carbocycles. The first-order chi connectivity index (χ1) is 8.88. The van der Waals surface area contributed by atoms with E-state index in [-0.39, 0.29) is 5.56 Å². The molecule has 19 heavy (non-hydrogen) atoms. The van der Waals surface area contributed by atoms with Gasteiger partial charge in [-0.25, -0.2) is 8.78 Å². The summed E-state index contributed by atoms with van der Waals surface area (Å²) < 4.78 is 26.3. The predicted octanol–water partition coefficient (Wildman–Crippen LogP) is 4.47. The Hall–Kier alpha value is -1.74. The van der Waals surface area contributed by atoms with Crippen LogP contribution in [0.2, 0.25) is 5.02 Å². The van der Waals surface area contributed by atoms with E-state index < -0.39 is 17.4 Å². The van der Waals surface area contributed by atoms with Gasteiger partial charge in [-0.3, -0.25) is 4.79 Å². The number of carbonyl (C=O) groups excluding carboxylic acids is 1. The van der Waals surface area contributed by atoms with Crippen LogP contribution in [0.5, 0.6) is 0 Å². The highest BCUT2D eigenvalue weighted by Gasteiger charge is 2.15. The molecule has 4 heteroatoms. The highest BCUT2D eigenvalue weighted by Crippen LogP contribution is 2.23. The number of ketones is 1. The zero-order valence-corrected chi connectivity index (χ0v) is 11.2. The normalized spacial score (nSPS) is 10.6. The Labute approximate surface area is 114 Å². The van der Waals surface area contributed by atoms with Gasteiger partial charge in [-0.2, -0.15) is 0 Å². The maximum Gasteiger partial charge on any atom is 0.193 e. The molecule has 0 spiro atoms. The maximum absolute atomic E-state index is 13.1. The van der Waals surface area contributed by atoms with E-state index in [1.165, 1.54) is 0 Å². The van der Waals surface area contributed by atoms with E-state index in [1.807, 2.05) is 0 Å². The summed E-state index contributed by atoms with van der Waals surface area (Å²) in [6, 6.07) is 6.07. The van der Waals surface area contributed by atoms with Gasteiger partial charge >= 0.3 is 0 Å². The topological polar surface area (TPSA) is 17.1 Å². The second-order valence-electron chi connectivity index (χ2n) is 4.40. The van der Waals surface area contributed by atoms with Gasteiger partial charge in [0.25, 0.3) is 0 Å². The number of rotatable bonds is 2. The largest absolute Gasteiger partial charge is 0.289 e. The summed E-state index contributed by atoms with van der Waals surface area (Å²) in [4.78, 5) is 12.3. The Balaban J connectivity index is 2.53. The first-order valence-corrected chi connectivity index (χ1v) is 6.04. The molecular weight excluding hydrogens is 270 g/mol. The molecule has 98 valence electrons. The highest BCUT2D eigenvalue weighted by atomic mass is 35.5. The fourth-order valence-electron chi connectivity index (χ4n) is 1.87. The van der Waals surface area contributed by atoms with Gasteiger partial charge < -0.3 is 0 Å². The third-order valence-electron chi connectivity index (χ3n) is 2.87. The fraction of sp³-hybridized carbons (Fsp3) is 0.133. The van der Waals surface area contributed by atoms with Crippen LogP contribution in [0.4, 0.5) is 8.78 Å². The van der Waals surface area contributed by atoms with E-state index in [0.29, 0.717) is 16.1 Å². The van der Waals surface area contributed by atoms with Crippen molar-refractivity contribution in [2.75, 3.05) is 0 Å². The van der Waals surface area contributed by atoms with Crippen molar-refractivity contribution in [3.05, 3.63) is 69.2 Å². The van der Waals surface area contributed by atoms with Gasteiger partial charge in [-0.15, -0.1) is 0 Å². The van der Waals surface area contributed by atoms with E-state index >= 15 is 0 Å². The lowest BCUT2D eigenvalue weighted by Gasteiger charge is -2.08. The molecule has 0 aliphatic carbocycles. The zero-order valence-electron chi connectivity index (χ0n) is 10.4. The van der Waals surface area contributed by atoms with Crippen molar-refractivity contribution >= 4 is 17.4 Å². The summed E-state index contributed by atoms with van der Waals surface area (Å²) in [5.41, 5.74) is 1.80. The van der Waals surface area contributed by atoms with Gasteiger partial charge in [0, 0.05) is 22.2 Å². The predicted molar refractivity (Wildman–Crippen MR) is 70.7 cm³/mol. The number of carbonyl (C=O) groups is 1. The van der Waals surface area contributed by atoms with E-state index in [0.717, 1.165) is 23.8 Å². The van der Waals surface area contributed by atoms with Crippen LogP contribution in [0.3, 0.4) is 0 Å². The van der Waals surface area contributed by atoms with Crippen molar-refractivity contribution < 1.29 is 13.6 Å². The Morgan fingerprint density at radius 2 is 1.53 bits per heavy atom. The van der Waals surface area contributed by atoms with Crippen LogP contribution in [-0.2, 0) is 0 Å². The van der Waals surface area contributed by atoms with Gasteiger partial charge in [-0.05, 0) is 49.2 Å². The molecule has 0 aromatic heterocycles. The standard InChI is InChI=1S/C15H11ClF2O/c1-8-4-14(16)9(2)3-13(8)15(19)10-5-11(17)7-12(18)6-10/h3-7H,1-2H3. The molecule has 0 fully saturated rings. The Bertz CT molecular complexity index is 645. The number of hydrogen-bond donors (Lipinski definition) is 0. The summed E-state index contributed by atoms with van der Waals surface area (Å²) in [5.74, 6) is -1.96. The van der Waals surface area contributed by atoms with Crippen molar-refractivity contribution in [1.29, 1.82) is 0 Å². The van der Waals surface area contributed by atoms with E-state index in [1.54, 1.807) is 26.0 Å². The zero-order chi connectivity index (χ0) is 14.2. The summed E-state index contributed by atoms with van der Waals surface area (Å²) in [7, 11) is 0. The van der Waals surface area contributed by atoms with Crippen LogP contribution in [0.15, 0.2) is 30.3 Å². The lowest BCUT2D eigenvalue weighted by atomic mass is 9.97. The average molecular weight is 281 g/mol. The van der Waals surface area contributed by atoms with Crippen LogP contribution in [0.25, 0.3) is 0 Å². The molecule has 0 radical (unpaired) electrons. The SMILES string of the molecule is Cc1cc(C(=O)c2cc(F)cc(F)c2)c(C)cc1Cl. The smallest absolute Gasteiger partial charge is 0.193 e. The quantitative estimate of drug-likeness (QED) is 0.742. The lowest BCUT2D eigenvalue weighted by Crippen LogP contribution is -2.05. The summed E-state index contributed by atoms with van der Waals surface area (Å²) >= 11 is 5.96. The summed E-state index contributed by atoms with van der Waals surface area (Å²) in [5, 5.41) is 0.555. The third kappa shape index (κ3) is 2.82. The van der Waals surface area contributed by atoms with Gasteiger partial charge in [0.15, 0.2) is 5.78 Å². The van der Waals surface area contributed by atoms with E-state index in [2.05, 4.69) is 0 Å².